The molecule has 220 valence electrons. The summed E-state index contributed by atoms with van der Waals surface area (Å²) < 4.78 is 6.24. The SMILES string of the molecule is c1ccc(-c2ccc(-c3cc(-c4ccc(-c5ccc6oc7ccc8ccccc8c7c6c5)cc4)nc(-c4ccccc4)n3)cc2)cc1. The molecule has 47 heavy (non-hydrogen) atoms. The highest BCUT2D eigenvalue weighted by molar-refractivity contribution is 6.19. The van der Waals surface area contributed by atoms with Gasteiger partial charge >= 0.3 is 0 Å². The Morgan fingerprint density at radius 3 is 1.53 bits per heavy atom. The Morgan fingerprint density at radius 2 is 0.851 bits per heavy atom. The molecule has 7 aromatic carbocycles. The number of benzene rings is 7. The van der Waals surface area contributed by atoms with Crippen LogP contribution in [0.1, 0.15) is 0 Å². The Labute approximate surface area is 272 Å². The van der Waals surface area contributed by atoms with Crippen molar-refractivity contribution in [1.82, 2.24) is 9.97 Å². The van der Waals surface area contributed by atoms with Crippen molar-refractivity contribution < 1.29 is 4.42 Å². The lowest BCUT2D eigenvalue weighted by molar-refractivity contribution is 0.669. The average molecular weight is 601 g/mol. The standard InChI is InChI=1S/C44H28N2O/c1-3-9-29(10-4-1)30-15-19-33(20-16-30)39-28-40(46-44(45-39)35-12-5-2-6-13-35)34-21-17-31(18-22-34)36-24-25-41-38(27-36)43-37-14-8-7-11-32(37)23-26-42(43)47-41/h1-28H. The summed E-state index contributed by atoms with van der Waals surface area (Å²) >= 11 is 0. The number of rotatable bonds is 5. The van der Waals surface area contributed by atoms with Crippen LogP contribution in [0.5, 0.6) is 0 Å². The summed E-state index contributed by atoms with van der Waals surface area (Å²) in [6.07, 6.45) is 0. The van der Waals surface area contributed by atoms with Crippen LogP contribution in [0.25, 0.3) is 88.9 Å². The van der Waals surface area contributed by atoms with Crippen LogP contribution >= 0.6 is 0 Å². The largest absolute Gasteiger partial charge is 0.456 e. The van der Waals surface area contributed by atoms with E-state index in [0.29, 0.717) is 5.82 Å². The molecule has 2 aromatic heterocycles. The average Bonchev–Trinajstić information content (AvgIpc) is 3.54. The molecule has 0 aliphatic rings. The van der Waals surface area contributed by atoms with E-state index in [-0.39, 0.29) is 0 Å². The lowest BCUT2D eigenvalue weighted by atomic mass is 9.98. The first-order valence-corrected chi connectivity index (χ1v) is 15.8. The third-order valence-electron chi connectivity index (χ3n) is 8.92. The zero-order valence-electron chi connectivity index (χ0n) is 25.5. The fourth-order valence-corrected chi connectivity index (χ4v) is 6.48. The number of hydrogen-bond donors (Lipinski definition) is 0. The van der Waals surface area contributed by atoms with E-state index in [1.165, 1.54) is 21.9 Å². The van der Waals surface area contributed by atoms with E-state index in [1.807, 2.05) is 24.3 Å². The summed E-state index contributed by atoms with van der Waals surface area (Å²) in [6.45, 7) is 0. The van der Waals surface area contributed by atoms with Gasteiger partial charge in [-0.3, -0.25) is 0 Å². The summed E-state index contributed by atoms with van der Waals surface area (Å²) in [5.41, 5.74) is 11.3. The molecule has 0 unspecified atom stereocenters. The van der Waals surface area contributed by atoms with Crippen molar-refractivity contribution in [2.75, 3.05) is 0 Å². The Hall–Kier alpha value is -6.32. The first-order chi connectivity index (χ1) is 23.3. The molecule has 3 nitrogen and oxygen atoms in total. The highest BCUT2D eigenvalue weighted by Crippen LogP contribution is 2.37. The van der Waals surface area contributed by atoms with E-state index < -0.39 is 0 Å². The zero-order chi connectivity index (χ0) is 31.2. The van der Waals surface area contributed by atoms with Gasteiger partial charge in [0.1, 0.15) is 11.2 Å². The summed E-state index contributed by atoms with van der Waals surface area (Å²) in [4.78, 5) is 10.1. The van der Waals surface area contributed by atoms with Gasteiger partial charge in [-0.1, -0.05) is 146 Å². The number of furan rings is 1. The van der Waals surface area contributed by atoms with E-state index in [9.17, 15) is 0 Å². The van der Waals surface area contributed by atoms with Crippen LogP contribution in [-0.4, -0.2) is 9.97 Å². The fourth-order valence-electron chi connectivity index (χ4n) is 6.48. The molecule has 9 aromatic rings. The van der Waals surface area contributed by atoms with E-state index in [1.54, 1.807) is 0 Å². The Morgan fingerprint density at radius 1 is 0.340 bits per heavy atom. The van der Waals surface area contributed by atoms with Crippen LogP contribution in [0, 0.1) is 0 Å². The van der Waals surface area contributed by atoms with Crippen molar-refractivity contribution in [2.45, 2.75) is 0 Å². The van der Waals surface area contributed by atoms with Crippen LogP contribution < -0.4 is 0 Å². The van der Waals surface area contributed by atoms with E-state index in [2.05, 4.69) is 146 Å². The molecule has 0 fully saturated rings. The van der Waals surface area contributed by atoms with Crippen molar-refractivity contribution >= 4 is 32.7 Å². The van der Waals surface area contributed by atoms with Crippen molar-refractivity contribution in [3.05, 3.63) is 170 Å². The van der Waals surface area contributed by atoms with Gasteiger partial charge in [0.15, 0.2) is 5.82 Å². The van der Waals surface area contributed by atoms with Gasteiger partial charge in [-0.2, -0.15) is 0 Å². The molecule has 0 saturated heterocycles. The van der Waals surface area contributed by atoms with Gasteiger partial charge in [0.05, 0.1) is 11.4 Å². The molecule has 0 N–H and O–H groups in total. The third-order valence-corrected chi connectivity index (χ3v) is 8.92. The predicted molar refractivity (Wildman–Crippen MR) is 194 cm³/mol. The lowest BCUT2D eigenvalue weighted by Crippen LogP contribution is -1.96. The normalized spacial score (nSPS) is 11.4. The monoisotopic (exact) mass is 600 g/mol. The maximum absolute atomic E-state index is 6.24. The van der Waals surface area contributed by atoms with Crippen LogP contribution in [0.15, 0.2) is 174 Å². The molecule has 9 rings (SSSR count). The van der Waals surface area contributed by atoms with E-state index in [0.717, 1.165) is 61.1 Å². The summed E-state index contributed by atoms with van der Waals surface area (Å²) in [5.74, 6) is 0.707. The molecule has 0 radical (unpaired) electrons. The first kappa shape index (κ1) is 27.0. The van der Waals surface area contributed by atoms with Gasteiger partial charge in [0.25, 0.3) is 0 Å². The lowest BCUT2D eigenvalue weighted by Gasteiger charge is -2.11. The molecule has 0 atom stereocenters. The second-order valence-electron chi connectivity index (χ2n) is 11.8. The molecule has 0 aliphatic carbocycles. The molecular weight excluding hydrogens is 572 g/mol. The summed E-state index contributed by atoms with van der Waals surface area (Å²) in [6, 6.07) is 59.1. The van der Waals surface area contributed by atoms with Gasteiger partial charge in [-0.15, -0.1) is 0 Å². The van der Waals surface area contributed by atoms with Crippen LogP contribution in [0.2, 0.25) is 0 Å². The summed E-state index contributed by atoms with van der Waals surface area (Å²) in [7, 11) is 0. The topological polar surface area (TPSA) is 38.9 Å². The summed E-state index contributed by atoms with van der Waals surface area (Å²) in [5, 5.41) is 4.71. The molecule has 0 spiro atoms. The maximum Gasteiger partial charge on any atom is 0.160 e. The zero-order valence-corrected chi connectivity index (χ0v) is 25.5. The van der Waals surface area contributed by atoms with Crippen LogP contribution in [-0.2, 0) is 0 Å². The van der Waals surface area contributed by atoms with Crippen LogP contribution in [0.4, 0.5) is 0 Å². The van der Waals surface area contributed by atoms with Gasteiger partial charge in [-0.25, -0.2) is 9.97 Å². The minimum absolute atomic E-state index is 0.707. The number of nitrogens with zero attached hydrogens (tertiary/aromatic N) is 2. The quantitative estimate of drug-likeness (QED) is 0.197. The fraction of sp³-hybridized carbons (Fsp3) is 0. The van der Waals surface area contributed by atoms with Crippen molar-refractivity contribution in [3.63, 3.8) is 0 Å². The van der Waals surface area contributed by atoms with Gasteiger partial charge in [-0.05, 0) is 57.3 Å². The van der Waals surface area contributed by atoms with Gasteiger partial charge < -0.3 is 4.42 Å². The molecular formula is C44H28N2O. The number of hydrogen-bond acceptors (Lipinski definition) is 3. The molecule has 0 saturated carbocycles. The molecule has 2 heterocycles. The van der Waals surface area contributed by atoms with Gasteiger partial charge in [0.2, 0.25) is 0 Å². The van der Waals surface area contributed by atoms with Gasteiger partial charge in [0, 0.05) is 27.5 Å². The molecule has 0 bridgehead atoms. The van der Waals surface area contributed by atoms with E-state index >= 15 is 0 Å². The molecule has 0 aliphatic heterocycles. The minimum Gasteiger partial charge on any atom is -0.456 e. The van der Waals surface area contributed by atoms with Crippen molar-refractivity contribution in [2.24, 2.45) is 0 Å². The smallest absolute Gasteiger partial charge is 0.160 e. The Kier molecular flexibility index (Phi) is 6.46. The maximum atomic E-state index is 6.24. The Balaban J connectivity index is 1.10. The highest BCUT2D eigenvalue weighted by Gasteiger charge is 2.14. The minimum atomic E-state index is 0.707. The van der Waals surface area contributed by atoms with E-state index in [4.69, 9.17) is 14.4 Å². The van der Waals surface area contributed by atoms with Crippen LogP contribution in [0.3, 0.4) is 0 Å². The number of fused-ring (bicyclic) bond motifs is 5. The third kappa shape index (κ3) is 4.95. The van der Waals surface area contributed by atoms with Crippen molar-refractivity contribution in [3.8, 4) is 56.2 Å². The second kappa shape index (κ2) is 11.2. The molecule has 0 amide bonds. The first-order valence-electron chi connectivity index (χ1n) is 15.8. The Bertz CT molecular complexity index is 2530. The molecule has 3 heteroatoms. The number of aromatic nitrogens is 2. The predicted octanol–water partition coefficient (Wildman–Crippen LogP) is 11.9. The highest BCUT2D eigenvalue weighted by atomic mass is 16.3. The second-order valence-corrected chi connectivity index (χ2v) is 11.8. The van der Waals surface area contributed by atoms with Crippen molar-refractivity contribution in [1.29, 1.82) is 0 Å².